The lowest BCUT2D eigenvalue weighted by Gasteiger charge is -2.15. The monoisotopic (exact) mass is 271 g/mol. The summed E-state index contributed by atoms with van der Waals surface area (Å²) in [6.07, 6.45) is 5.90. The van der Waals surface area contributed by atoms with Crippen LogP contribution in [0.15, 0.2) is 30.6 Å². The predicted octanol–water partition coefficient (Wildman–Crippen LogP) is 2.08. The predicted molar refractivity (Wildman–Crippen MR) is 79.9 cm³/mol. The Balaban J connectivity index is 1.68. The first-order valence-corrected chi connectivity index (χ1v) is 7.13. The summed E-state index contributed by atoms with van der Waals surface area (Å²) in [4.78, 5) is 6.56. The number of rotatable bonds is 4. The van der Waals surface area contributed by atoms with Crippen molar-refractivity contribution in [2.75, 3.05) is 18.5 Å². The van der Waals surface area contributed by atoms with Gasteiger partial charge in [-0.1, -0.05) is 12.1 Å². The van der Waals surface area contributed by atoms with Crippen LogP contribution in [0.4, 0.5) is 5.69 Å². The molecule has 1 aliphatic rings. The van der Waals surface area contributed by atoms with E-state index < -0.39 is 6.10 Å². The average molecular weight is 271 g/mol. The molecule has 1 atom stereocenters. The van der Waals surface area contributed by atoms with Gasteiger partial charge in [0.25, 0.3) is 0 Å². The molecule has 1 aromatic heterocycles. The average Bonchev–Trinajstić information content (AvgIpc) is 3.02. The van der Waals surface area contributed by atoms with Crippen LogP contribution in [0.3, 0.4) is 0 Å². The molecule has 0 saturated heterocycles. The summed E-state index contributed by atoms with van der Waals surface area (Å²) in [5.74, 6) is 1.02. The highest BCUT2D eigenvalue weighted by Gasteiger charge is 2.18. The third-order valence-corrected chi connectivity index (χ3v) is 4.18. The van der Waals surface area contributed by atoms with Gasteiger partial charge in [0.1, 0.15) is 5.82 Å². The number of benzene rings is 1. The van der Waals surface area contributed by atoms with Crippen LogP contribution < -0.4 is 4.90 Å². The van der Waals surface area contributed by atoms with Crippen molar-refractivity contribution in [3.63, 3.8) is 0 Å². The van der Waals surface area contributed by atoms with Crippen LogP contribution in [0.2, 0.25) is 0 Å². The number of hydrogen-bond donors (Lipinski definition) is 1. The van der Waals surface area contributed by atoms with E-state index in [1.165, 1.54) is 11.3 Å². The molecule has 0 aliphatic carbocycles. The van der Waals surface area contributed by atoms with E-state index >= 15 is 0 Å². The van der Waals surface area contributed by atoms with Crippen molar-refractivity contribution in [3.8, 4) is 0 Å². The summed E-state index contributed by atoms with van der Waals surface area (Å²) in [6, 6.07) is 6.33. The molecule has 0 bridgehead atoms. The second kappa shape index (κ2) is 5.29. The summed E-state index contributed by atoms with van der Waals surface area (Å²) in [5, 5.41) is 10.4. The molecule has 1 aromatic carbocycles. The zero-order valence-corrected chi connectivity index (χ0v) is 12.1. The highest BCUT2D eigenvalue weighted by Crippen LogP contribution is 2.30. The Morgan fingerprint density at radius 1 is 1.35 bits per heavy atom. The Hall–Kier alpha value is -1.81. The van der Waals surface area contributed by atoms with Crippen LogP contribution in [-0.4, -0.2) is 28.3 Å². The lowest BCUT2D eigenvalue weighted by molar-refractivity contribution is 0.166. The maximum Gasteiger partial charge on any atom is 0.108 e. The molecule has 106 valence electrons. The number of aliphatic hydroxyl groups is 1. The summed E-state index contributed by atoms with van der Waals surface area (Å²) < 4.78 is 2.00. The molecule has 0 spiro atoms. The topological polar surface area (TPSA) is 41.3 Å². The molecule has 4 heteroatoms. The number of likely N-dealkylation sites (N-methyl/N-ethyl adjacent to an activating group) is 1. The maximum absolute atomic E-state index is 10.4. The van der Waals surface area contributed by atoms with E-state index in [0.29, 0.717) is 6.42 Å². The van der Waals surface area contributed by atoms with Gasteiger partial charge in [-0.05, 0) is 30.0 Å². The summed E-state index contributed by atoms with van der Waals surface area (Å²) >= 11 is 0. The van der Waals surface area contributed by atoms with Gasteiger partial charge in [-0.2, -0.15) is 0 Å². The zero-order valence-electron chi connectivity index (χ0n) is 12.1. The van der Waals surface area contributed by atoms with Crippen LogP contribution in [0, 0.1) is 0 Å². The Morgan fingerprint density at radius 3 is 2.95 bits per heavy atom. The van der Waals surface area contributed by atoms with Gasteiger partial charge >= 0.3 is 0 Å². The molecule has 1 aliphatic heterocycles. The van der Waals surface area contributed by atoms with E-state index in [1.807, 2.05) is 23.9 Å². The smallest absolute Gasteiger partial charge is 0.108 e. The molecule has 3 rings (SSSR count). The number of aryl methyl sites for hydroxylation is 2. The number of anilines is 1. The quantitative estimate of drug-likeness (QED) is 0.925. The minimum atomic E-state index is -0.414. The summed E-state index contributed by atoms with van der Waals surface area (Å²) in [6.45, 7) is 1.07. The number of nitrogens with zero attached hydrogens (tertiary/aromatic N) is 3. The minimum Gasteiger partial charge on any atom is -0.388 e. The van der Waals surface area contributed by atoms with Gasteiger partial charge in [0.05, 0.1) is 6.10 Å². The molecular weight excluding hydrogens is 250 g/mol. The lowest BCUT2D eigenvalue weighted by atomic mass is 10.0. The Bertz CT molecular complexity index is 606. The van der Waals surface area contributed by atoms with Gasteiger partial charge in [0.2, 0.25) is 0 Å². The van der Waals surface area contributed by atoms with Crippen molar-refractivity contribution in [1.82, 2.24) is 9.55 Å². The van der Waals surface area contributed by atoms with Crippen molar-refractivity contribution >= 4 is 5.69 Å². The van der Waals surface area contributed by atoms with E-state index in [4.69, 9.17) is 0 Å². The van der Waals surface area contributed by atoms with Crippen molar-refractivity contribution in [2.24, 2.45) is 7.05 Å². The highest BCUT2D eigenvalue weighted by molar-refractivity contribution is 5.58. The number of fused-ring (bicyclic) bond motifs is 1. The second-order valence-electron chi connectivity index (χ2n) is 5.57. The van der Waals surface area contributed by atoms with E-state index in [9.17, 15) is 5.11 Å². The molecule has 2 aromatic rings. The first-order valence-electron chi connectivity index (χ1n) is 7.13. The van der Waals surface area contributed by atoms with Gasteiger partial charge < -0.3 is 14.6 Å². The molecule has 2 heterocycles. The van der Waals surface area contributed by atoms with Gasteiger partial charge in [-0.3, -0.25) is 0 Å². The fraction of sp³-hybridized carbons (Fsp3) is 0.438. The third-order valence-electron chi connectivity index (χ3n) is 4.18. The third kappa shape index (κ3) is 2.43. The van der Waals surface area contributed by atoms with E-state index in [2.05, 4.69) is 29.1 Å². The minimum absolute atomic E-state index is 0.414. The molecule has 20 heavy (non-hydrogen) atoms. The van der Waals surface area contributed by atoms with Crippen molar-refractivity contribution in [2.45, 2.75) is 25.4 Å². The van der Waals surface area contributed by atoms with Gasteiger partial charge in [-0.25, -0.2) is 4.98 Å². The molecule has 0 saturated carbocycles. The molecule has 4 nitrogen and oxygen atoms in total. The molecule has 1 unspecified atom stereocenters. The largest absolute Gasteiger partial charge is 0.388 e. The number of aliphatic hydroxyl groups excluding tert-OH is 1. The molecule has 0 amide bonds. The summed E-state index contributed by atoms with van der Waals surface area (Å²) in [7, 11) is 4.10. The van der Waals surface area contributed by atoms with Crippen LogP contribution >= 0.6 is 0 Å². The van der Waals surface area contributed by atoms with E-state index in [1.54, 1.807) is 6.20 Å². The SMILES string of the molecule is CN1CCc2cc(C(O)CCc3nccn3C)ccc21. The molecule has 0 fully saturated rings. The van der Waals surface area contributed by atoms with E-state index in [0.717, 1.165) is 30.8 Å². The van der Waals surface area contributed by atoms with Crippen LogP contribution in [0.1, 0.15) is 29.5 Å². The van der Waals surface area contributed by atoms with Crippen LogP contribution in [-0.2, 0) is 19.9 Å². The standard InChI is InChI=1S/C16H21N3O/c1-18-9-7-12-11-13(3-4-14(12)18)15(20)5-6-16-17-8-10-19(16)2/h3-4,8,10-11,15,20H,5-7,9H2,1-2H3. The van der Waals surface area contributed by atoms with Crippen LogP contribution in [0.25, 0.3) is 0 Å². The fourth-order valence-corrected chi connectivity index (χ4v) is 2.86. The fourth-order valence-electron chi connectivity index (χ4n) is 2.86. The Kier molecular flexibility index (Phi) is 3.49. The molecular formula is C16H21N3O. The lowest BCUT2D eigenvalue weighted by Crippen LogP contribution is -2.12. The van der Waals surface area contributed by atoms with E-state index in [-0.39, 0.29) is 0 Å². The van der Waals surface area contributed by atoms with Gasteiger partial charge in [0, 0.05) is 45.1 Å². The number of aromatic nitrogens is 2. The summed E-state index contributed by atoms with van der Waals surface area (Å²) in [5.41, 5.74) is 3.67. The first kappa shape index (κ1) is 13.2. The van der Waals surface area contributed by atoms with Gasteiger partial charge in [0.15, 0.2) is 0 Å². The Labute approximate surface area is 119 Å². The van der Waals surface area contributed by atoms with Crippen molar-refractivity contribution in [1.29, 1.82) is 0 Å². The number of imidazole rings is 1. The maximum atomic E-state index is 10.4. The van der Waals surface area contributed by atoms with Crippen LogP contribution in [0.5, 0.6) is 0 Å². The number of hydrogen-bond acceptors (Lipinski definition) is 3. The van der Waals surface area contributed by atoms with Crippen molar-refractivity contribution in [3.05, 3.63) is 47.5 Å². The Morgan fingerprint density at radius 2 is 2.20 bits per heavy atom. The van der Waals surface area contributed by atoms with Crippen molar-refractivity contribution < 1.29 is 5.11 Å². The molecule has 1 N–H and O–H groups in total. The second-order valence-corrected chi connectivity index (χ2v) is 5.57. The molecule has 0 radical (unpaired) electrons. The normalized spacial score (nSPS) is 15.4. The highest BCUT2D eigenvalue weighted by atomic mass is 16.3. The first-order chi connectivity index (χ1) is 9.65. The zero-order chi connectivity index (χ0) is 14.1. The van der Waals surface area contributed by atoms with Gasteiger partial charge in [-0.15, -0.1) is 0 Å².